The normalized spacial score (nSPS) is 22.8. The predicted molar refractivity (Wildman–Crippen MR) is 131 cm³/mol. The maximum Gasteiger partial charge on any atom is 0.337 e. The monoisotopic (exact) mass is 471 g/mol. The molecule has 180 valence electrons. The Morgan fingerprint density at radius 2 is 1.74 bits per heavy atom. The Morgan fingerprint density at radius 1 is 1.00 bits per heavy atom. The number of esters is 1. The number of hydrogen-bond donors (Lipinski definition) is 1. The van der Waals surface area contributed by atoms with E-state index < -0.39 is 18.1 Å². The number of H-pyrrole nitrogens is 1. The maximum absolute atomic E-state index is 13.9. The standard InChI is InChI=1S/C28H29N3O4/c1-35-28(34)18-13-11-17(12-14-18)26-25-21(20-9-5-6-10-22(20)29-25)15-23-27(33)30(16-24(32)31(23)26)19-7-3-2-4-8-19/h5-6,9-14,19,23,26,29H,2-4,7-8,15-16H2,1H3. The molecule has 2 unspecified atom stereocenters. The van der Waals surface area contributed by atoms with Crippen molar-refractivity contribution in [1.29, 1.82) is 0 Å². The number of benzene rings is 2. The number of fused-ring (bicyclic) bond motifs is 4. The Kier molecular flexibility index (Phi) is 5.35. The molecular weight excluding hydrogens is 442 g/mol. The van der Waals surface area contributed by atoms with Gasteiger partial charge >= 0.3 is 5.97 Å². The molecule has 1 aliphatic carbocycles. The van der Waals surface area contributed by atoms with Crippen LogP contribution in [-0.4, -0.2) is 58.3 Å². The summed E-state index contributed by atoms with van der Waals surface area (Å²) >= 11 is 0. The van der Waals surface area contributed by atoms with Gasteiger partial charge in [0.15, 0.2) is 0 Å². The average molecular weight is 472 g/mol. The highest BCUT2D eigenvalue weighted by atomic mass is 16.5. The Labute approximate surface area is 204 Å². The molecule has 2 fully saturated rings. The van der Waals surface area contributed by atoms with E-state index in [9.17, 15) is 14.4 Å². The molecule has 2 atom stereocenters. The van der Waals surface area contributed by atoms with Crippen molar-refractivity contribution in [2.75, 3.05) is 13.7 Å². The van der Waals surface area contributed by atoms with Gasteiger partial charge in [-0.25, -0.2) is 4.79 Å². The molecule has 1 aromatic heterocycles. The summed E-state index contributed by atoms with van der Waals surface area (Å²) in [6.45, 7) is 0.131. The summed E-state index contributed by atoms with van der Waals surface area (Å²) < 4.78 is 4.84. The topological polar surface area (TPSA) is 82.7 Å². The lowest BCUT2D eigenvalue weighted by molar-refractivity contribution is -0.161. The van der Waals surface area contributed by atoms with E-state index in [1.54, 1.807) is 17.0 Å². The van der Waals surface area contributed by atoms with Crippen molar-refractivity contribution in [3.05, 3.63) is 70.9 Å². The first-order valence-corrected chi connectivity index (χ1v) is 12.5. The highest BCUT2D eigenvalue weighted by Crippen LogP contribution is 2.43. The minimum Gasteiger partial charge on any atom is -0.465 e. The first-order valence-electron chi connectivity index (χ1n) is 12.5. The number of hydrogen-bond acceptors (Lipinski definition) is 4. The number of nitrogens with zero attached hydrogens (tertiary/aromatic N) is 2. The van der Waals surface area contributed by atoms with Gasteiger partial charge in [0.05, 0.1) is 18.7 Å². The van der Waals surface area contributed by atoms with Crippen molar-refractivity contribution in [2.24, 2.45) is 0 Å². The van der Waals surface area contributed by atoms with Crippen molar-refractivity contribution in [3.63, 3.8) is 0 Å². The van der Waals surface area contributed by atoms with Crippen LogP contribution in [0.15, 0.2) is 48.5 Å². The molecule has 1 N–H and O–H groups in total. The van der Waals surface area contributed by atoms with E-state index in [2.05, 4.69) is 11.1 Å². The summed E-state index contributed by atoms with van der Waals surface area (Å²) in [5.41, 5.74) is 4.35. The number of aromatic amines is 1. The number of rotatable bonds is 3. The molecule has 3 aliphatic rings. The van der Waals surface area contributed by atoms with Gasteiger partial charge in [-0.3, -0.25) is 9.59 Å². The Bertz CT molecular complexity index is 1310. The van der Waals surface area contributed by atoms with Gasteiger partial charge < -0.3 is 19.5 Å². The van der Waals surface area contributed by atoms with E-state index in [0.717, 1.165) is 53.4 Å². The van der Waals surface area contributed by atoms with Gasteiger partial charge in [-0.15, -0.1) is 0 Å². The average Bonchev–Trinajstić information content (AvgIpc) is 3.28. The molecule has 3 aromatic rings. The summed E-state index contributed by atoms with van der Waals surface area (Å²) in [5, 5.41) is 1.09. The van der Waals surface area contributed by atoms with Crippen LogP contribution in [0.25, 0.3) is 10.9 Å². The van der Waals surface area contributed by atoms with Crippen LogP contribution >= 0.6 is 0 Å². The third-order valence-electron chi connectivity index (χ3n) is 7.96. The molecule has 35 heavy (non-hydrogen) atoms. The number of aromatic nitrogens is 1. The number of carbonyl (C=O) groups excluding carboxylic acids is 3. The van der Waals surface area contributed by atoms with Crippen LogP contribution in [0.2, 0.25) is 0 Å². The van der Waals surface area contributed by atoms with Crippen molar-refractivity contribution in [2.45, 2.75) is 56.7 Å². The second-order valence-electron chi connectivity index (χ2n) is 9.86. The Hall–Kier alpha value is -3.61. The predicted octanol–water partition coefficient (Wildman–Crippen LogP) is 3.97. The number of para-hydroxylation sites is 1. The molecule has 0 radical (unpaired) electrons. The second kappa shape index (κ2) is 8.56. The van der Waals surface area contributed by atoms with Gasteiger partial charge in [-0.2, -0.15) is 0 Å². The molecule has 3 heterocycles. The van der Waals surface area contributed by atoms with E-state index in [4.69, 9.17) is 4.74 Å². The van der Waals surface area contributed by atoms with E-state index in [-0.39, 0.29) is 24.4 Å². The van der Waals surface area contributed by atoms with E-state index in [1.165, 1.54) is 13.5 Å². The fourth-order valence-corrected chi connectivity index (χ4v) is 6.25. The van der Waals surface area contributed by atoms with Crippen molar-refractivity contribution >= 4 is 28.7 Å². The Morgan fingerprint density at radius 3 is 2.49 bits per heavy atom. The molecule has 2 aliphatic heterocycles. The minimum absolute atomic E-state index is 0.0217. The zero-order valence-corrected chi connectivity index (χ0v) is 19.8. The molecule has 1 saturated heterocycles. The van der Waals surface area contributed by atoms with Gasteiger partial charge in [0.25, 0.3) is 0 Å². The van der Waals surface area contributed by atoms with Gasteiger partial charge in [-0.1, -0.05) is 49.6 Å². The summed E-state index contributed by atoms with van der Waals surface area (Å²) in [7, 11) is 1.36. The second-order valence-corrected chi connectivity index (χ2v) is 9.86. The summed E-state index contributed by atoms with van der Waals surface area (Å²) in [6.07, 6.45) is 5.87. The highest BCUT2D eigenvalue weighted by Gasteiger charge is 2.49. The zero-order chi connectivity index (χ0) is 24.1. The van der Waals surface area contributed by atoms with E-state index in [1.807, 2.05) is 35.2 Å². The van der Waals surface area contributed by atoms with Crippen molar-refractivity contribution < 1.29 is 19.1 Å². The number of ether oxygens (including phenoxy) is 1. The van der Waals surface area contributed by atoms with Gasteiger partial charge in [-0.05, 0) is 42.2 Å². The lowest BCUT2D eigenvalue weighted by atomic mass is 9.85. The number of methoxy groups -OCH3 is 1. The molecule has 2 aromatic carbocycles. The number of nitrogens with one attached hydrogen (secondary N) is 1. The van der Waals surface area contributed by atoms with Crippen LogP contribution in [0.4, 0.5) is 0 Å². The van der Waals surface area contributed by atoms with Crippen LogP contribution in [0.5, 0.6) is 0 Å². The third-order valence-corrected chi connectivity index (χ3v) is 7.96. The molecule has 6 rings (SSSR count). The smallest absolute Gasteiger partial charge is 0.337 e. The van der Waals surface area contributed by atoms with Crippen molar-refractivity contribution in [3.8, 4) is 0 Å². The highest BCUT2D eigenvalue weighted by molar-refractivity contribution is 5.98. The molecular formula is C28H29N3O4. The van der Waals surface area contributed by atoms with Gasteiger partial charge in [0.2, 0.25) is 11.8 Å². The third kappa shape index (κ3) is 3.52. The van der Waals surface area contributed by atoms with E-state index in [0.29, 0.717) is 12.0 Å². The number of amides is 2. The van der Waals surface area contributed by atoms with Gasteiger partial charge in [0, 0.05) is 29.1 Å². The summed E-state index contributed by atoms with van der Waals surface area (Å²) in [4.78, 5) is 46.8. The van der Waals surface area contributed by atoms with Crippen LogP contribution in [-0.2, 0) is 20.7 Å². The lowest BCUT2D eigenvalue weighted by Gasteiger charge is -2.49. The van der Waals surface area contributed by atoms with E-state index >= 15 is 0 Å². The molecule has 1 saturated carbocycles. The number of piperazine rings is 1. The van der Waals surface area contributed by atoms with Crippen LogP contribution in [0.3, 0.4) is 0 Å². The maximum atomic E-state index is 13.9. The zero-order valence-electron chi connectivity index (χ0n) is 19.8. The summed E-state index contributed by atoms with van der Waals surface area (Å²) in [6, 6.07) is 14.5. The molecule has 2 amide bonds. The molecule has 7 heteroatoms. The SMILES string of the molecule is COC(=O)c1ccc(C2c3[nH]c4ccccc4c3CC3C(=O)N(C4CCCCC4)CC(=O)N32)cc1. The quantitative estimate of drug-likeness (QED) is 0.586. The lowest BCUT2D eigenvalue weighted by Crippen LogP contribution is -2.65. The van der Waals surface area contributed by atoms with Gasteiger partial charge in [0.1, 0.15) is 12.6 Å². The number of carbonyl (C=O) groups is 3. The van der Waals surface area contributed by atoms with Crippen LogP contribution in [0.1, 0.15) is 65.3 Å². The first-order chi connectivity index (χ1) is 17.1. The van der Waals surface area contributed by atoms with Crippen LogP contribution < -0.4 is 0 Å². The largest absolute Gasteiger partial charge is 0.465 e. The summed E-state index contributed by atoms with van der Waals surface area (Å²) in [5.74, 6) is -0.369. The fourth-order valence-electron chi connectivity index (χ4n) is 6.25. The molecule has 7 nitrogen and oxygen atoms in total. The fraction of sp³-hybridized carbons (Fsp3) is 0.393. The first kappa shape index (κ1) is 21.9. The molecule has 0 bridgehead atoms. The van der Waals surface area contributed by atoms with Crippen LogP contribution in [0, 0.1) is 0 Å². The Balaban J connectivity index is 1.46. The van der Waals surface area contributed by atoms with Crippen molar-refractivity contribution in [1.82, 2.24) is 14.8 Å². The minimum atomic E-state index is -0.532. The molecule has 0 spiro atoms.